The summed E-state index contributed by atoms with van der Waals surface area (Å²) >= 11 is 6.90. The molecule has 0 saturated carbocycles. The van der Waals surface area contributed by atoms with Crippen molar-refractivity contribution in [2.45, 2.75) is 12.5 Å². The third-order valence-corrected chi connectivity index (χ3v) is 6.12. The van der Waals surface area contributed by atoms with Gasteiger partial charge in [0, 0.05) is 18.7 Å². The second-order valence-electron chi connectivity index (χ2n) is 4.46. The van der Waals surface area contributed by atoms with Gasteiger partial charge in [-0.2, -0.15) is 0 Å². The van der Waals surface area contributed by atoms with Gasteiger partial charge in [0.05, 0.1) is 6.04 Å². The molecule has 6 heteroatoms. The van der Waals surface area contributed by atoms with Gasteiger partial charge in [-0.25, -0.2) is 4.39 Å². The Morgan fingerprint density at radius 3 is 2.85 bits per heavy atom. The van der Waals surface area contributed by atoms with E-state index in [1.807, 2.05) is 0 Å². The maximum atomic E-state index is 13.4. The Morgan fingerprint density at radius 1 is 1.25 bits per heavy atom. The summed E-state index contributed by atoms with van der Waals surface area (Å²) in [6.45, 7) is 0. The van der Waals surface area contributed by atoms with Crippen LogP contribution in [0.3, 0.4) is 0 Å². The molecule has 20 heavy (non-hydrogen) atoms. The summed E-state index contributed by atoms with van der Waals surface area (Å²) in [6, 6.07) is 8.97. The van der Waals surface area contributed by atoms with Crippen molar-refractivity contribution in [1.82, 2.24) is 5.43 Å². The van der Waals surface area contributed by atoms with Gasteiger partial charge in [-0.3, -0.25) is 11.3 Å². The van der Waals surface area contributed by atoms with E-state index in [1.54, 1.807) is 34.8 Å². The molecule has 0 saturated heterocycles. The fraction of sp³-hybridized carbons (Fsp3) is 0.143. The number of fused-ring (bicyclic) bond motifs is 1. The van der Waals surface area contributed by atoms with Crippen LogP contribution in [0, 0.1) is 5.82 Å². The van der Waals surface area contributed by atoms with Gasteiger partial charge in [0.1, 0.15) is 5.82 Å². The first-order valence-corrected chi connectivity index (χ1v) is 8.53. The van der Waals surface area contributed by atoms with Gasteiger partial charge in [0.2, 0.25) is 0 Å². The summed E-state index contributed by atoms with van der Waals surface area (Å²) in [4.78, 5) is 1.17. The molecule has 0 aliphatic carbocycles. The Balaban J connectivity index is 1.90. The standard InChI is InChI=1S/C14H12BrFN2S2/c15-10-2-1-9(16)5-8(10)6-11(18-17)13-7-14-12(20-13)3-4-19-14/h1-5,7,11,18H,6,17H2. The quantitative estimate of drug-likeness (QED) is 0.519. The molecule has 0 fully saturated rings. The molecule has 0 aliphatic rings. The highest BCUT2D eigenvalue weighted by Crippen LogP contribution is 2.35. The van der Waals surface area contributed by atoms with Gasteiger partial charge in [-0.15, -0.1) is 22.7 Å². The molecule has 2 nitrogen and oxygen atoms in total. The average molecular weight is 371 g/mol. The maximum absolute atomic E-state index is 13.4. The molecule has 1 aromatic carbocycles. The molecule has 2 heterocycles. The number of nitrogens with one attached hydrogen (secondary N) is 1. The molecule has 1 unspecified atom stereocenters. The SMILES string of the molecule is NNC(Cc1cc(F)ccc1Br)c1cc2sccc2s1. The molecule has 3 rings (SSSR count). The van der Waals surface area contributed by atoms with Crippen LogP contribution >= 0.6 is 38.6 Å². The van der Waals surface area contributed by atoms with E-state index in [1.165, 1.54) is 20.3 Å². The van der Waals surface area contributed by atoms with E-state index in [4.69, 9.17) is 5.84 Å². The number of benzene rings is 1. The predicted molar refractivity (Wildman–Crippen MR) is 87.6 cm³/mol. The number of hydrogen-bond donors (Lipinski definition) is 2. The van der Waals surface area contributed by atoms with Gasteiger partial charge < -0.3 is 0 Å². The number of thiophene rings is 2. The van der Waals surface area contributed by atoms with Crippen LogP contribution in [0.15, 0.2) is 40.2 Å². The molecule has 104 valence electrons. The van der Waals surface area contributed by atoms with Gasteiger partial charge in [0.15, 0.2) is 0 Å². The first kappa shape index (κ1) is 14.2. The van der Waals surface area contributed by atoms with E-state index in [0.29, 0.717) is 6.42 Å². The Kier molecular flexibility index (Phi) is 4.18. The minimum absolute atomic E-state index is 0.0160. The fourth-order valence-electron chi connectivity index (χ4n) is 2.12. The summed E-state index contributed by atoms with van der Waals surface area (Å²) < 4.78 is 16.8. The predicted octanol–water partition coefficient (Wildman–Crippen LogP) is 4.61. The highest BCUT2D eigenvalue weighted by atomic mass is 79.9. The van der Waals surface area contributed by atoms with Crippen LogP contribution in [0.1, 0.15) is 16.5 Å². The van der Waals surface area contributed by atoms with Crippen molar-refractivity contribution >= 4 is 48.0 Å². The largest absolute Gasteiger partial charge is 0.271 e. The summed E-state index contributed by atoms with van der Waals surface area (Å²) in [5, 5.41) is 2.08. The van der Waals surface area contributed by atoms with Crippen LogP contribution in [-0.2, 0) is 6.42 Å². The molecule has 0 aliphatic heterocycles. The molecule has 0 spiro atoms. The van der Waals surface area contributed by atoms with Crippen molar-refractivity contribution in [3.8, 4) is 0 Å². The highest BCUT2D eigenvalue weighted by molar-refractivity contribution is 9.10. The van der Waals surface area contributed by atoms with Crippen molar-refractivity contribution in [2.75, 3.05) is 0 Å². The van der Waals surface area contributed by atoms with Crippen LogP contribution in [-0.4, -0.2) is 0 Å². The van der Waals surface area contributed by atoms with Crippen LogP contribution in [0.5, 0.6) is 0 Å². The Bertz CT molecular complexity index is 709. The topological polar surface area (TPSA) is 38.0 Å². The Hall–Kier alpha value is -0.790. The summed E-state index contributed by atoms with van der Waals surface area (Å²) in [5.41, 5.74) is 3.74. The summed E-state index contributed by atoms with van der Waals surface area (Å²) in [5.74, 6) is 5.45. The molecule has 0 amide bonds. The molecule has 0 bridgehead atoms. The fourth-order valence-corrected chi connectivity index (χ4v) is 4.71. The van der Waals surface area contributed by atoms with Crippen LogP contribution in [0.25, 0.3) is 9.40 Å². The zero-order valence-corrected chi connectivity index (χ0v) is 13.6. The molecular formula is C14H12BrFN2S2. The lowest BCUT2D eigenvalue weighted by molar-refractivity contribution is 0.556. The van der Waals surface area contributed by atoms with E-state index in [-0.39, 0.29) is 11.9 Å². The molecule has 3 aromatic rings. The lowest BCUT2D eigenvalue weighted by Crippen LogP contribution is -2.29. The first-order valence-electron chi connectivity index (χ1n) is 6.04. The van der Waals surface area contributed by atoms with Crippen LogP contribution in [0.4, 0.5) is 4.39 Å². The monoisotopic (exact) mass is 370 g/mol. The van der Waals surface area contributed by atoms with Crippen molar-refractivity contribution in [3.63, 3.8) is 0 Å². The van der Waals surface area contributed by atoms with Gasteiger partial charge in [-0.05, 0) is 47.7 Å². The van der Waals surface area contributed by atoms with Crippen LogP contribution < -0.4 is 11.3 Å². The molecular weight excluding hydrogens is 359 g/mol. The van der Waals surface area contributed by atoms with E-state index in [9.17, 15) is 4.39 Å². The number of halogens is 2. The number of hydrogen-bond acceptors (Lipinski definition) is 4. The molecule has 3 N–H and O–H groups in total. The second kappa shape index (κ2) is 5.91. The number of nitrogens with two attached hydrogens (primary N) is 1. The Labute approximate surface area is 132 Å². The van der Waals surface area contributed by atoms with E-state index in [0.717, 1.165) is 10.0 Å². The van der Waals surface area contributed by atoms with E-state index in [2.05, 4.69) is 38.9 Å². The van der Waals surface area contributed by atoms with Crippen LogP contribution in [0.2, 0.25) is 0 Å². The van der Waals surface area contributed by atoms with Gasteiger partial charge in [0.25, 0.3) is 0 Å². The average Bonchev–Trinajstić information content (AvgIpc) is 3.00. The van der Waals surface area contributed by atoms with Crippen molar-refractivity contribution < 1.29 is 4.39 Å². The van der Waals surface area contributed by atoms with Crippen molar-refractivity contribution in [3.05, 3.63) is 56.4 Å². The molecule has 2 aromatic heterocycles. The summed E-state index contributed by atoms with van der Waals surface area (Å²) in [6.07, 6.45) is 0.641. The Morgan fingerprint density at radius 2 is 2.10 bits per heavy atom. The zero-order valence-electron chi connectivity index (χ0n) is 10.4. The smallest absolute Gasteiger partial charge is 0.123 e. The minimum atomic E-state index is -0.230. The number of rotatable bonds is 4. The van der Waals surface area contributed by atoms with Crippen molar-refractivity contribution in [1.29, 1.82) is 0 Å². The third kappa shape index (κ3) is 2.80. The number of hydrazine groups is 1. The first-order chi connectivity index (χ1) is 9.67. The lowest BCUT2D eigenvalue weighted by atomic mass is 10.1. The van der Waals surface area contributed by atoms with E-state index >= 15 is 0 Å². The second-order valence-corrected chi connectivity index (χ2v) is 7.37. The zero-order chi connectivity index (χ0) is 14.1. The third-order valence-electron chi connectivity index (χ3n) is 3.13. The molecule has 1 atom stereocenters. The summed E-state index contributed by atoms with van der Waals surface area (Å²) in [7, 11) is 0. The maximum Gasteiger partial charge on any atom is 0.123 e. The van der Waals surface area contributed by atoms with Gasteiger partial charge in [-0.1, -0.05) is 15.9 Å². The highest BCUT2D eigenvalue weighted by Gasteiger charge is 2.16. The lowest BCUT2D eigenvalue weighted by Gasteiger charge is -2.15. The minimum Gasteiger partial charge on any atom is -0.271 e. The van der Waals surface area contributed by atoms with Gasteiger partial charge >= 0.3 is 0 Å². The van der Waals surface area contributed by atoms with E-state index < -0.39 is 0 Å². The van der Waals surface area contributed by atoms with Crippen molar-refractivity contribution in [2.24, 2.45) is 5.84 Å². The molecule has 0 radical (unpaired) electrons. The normalized spacial score (nSPS) is 12.9.